The summed E-state index contributed by atoms with van der Waals surface area (Å²) in [5.74, 6) is -1.07. The van der Waals surface area contributed by atoms with Crippen LogP contribution in [-0.4, -0.2) is 11.9 Å². The molecule has 7 heteroatoms. The normalized spacial score (nSPS) is 10.6. The molecule has 0 radical (unpaired) electrons. The first-order chi connectivity index (χ1) is 12.4. The molecule has 0 fully saturated rings. The number of carbonyl (C=O) groups is 2. The third kappa shape index (κ3) is 3.45. The van der Waals surface area contributed by atoms with Crippen molar-refractivity contribution in [3.8, 4) is 22.8 Å². The van der Waals surface area contributed by atoms with Crippen LogP contribution < -0.4 is 14.9 Å². The molecule has 3 rings (SSSR count). The van der Waals surface area contributed by atoms with Crippen molar-refractivity contribution in [1.29, 1.82) is 0 Å². The molecule has 6 nitrogen and oxygen atoms in total. The smallest absolute Gasteiger partial charge is 0.308 e. The molecule has 1 aromatic heterocycles. The number of halogens is 1. The van der Waals surface area contributed by atoms with Gasteiger partial charge in [-0.25, -0.2) is 0 Å². The summed E-state index contributed by atoms with van der Waals surface area (Å²) in [5, 5.41) is -0.155. The Bertz CT molecular complexity index is 1070. The Morgan fingerprint density at radius 3 is 2.27 bits per heavy atom. The van der Waals surface area contributed by atoms with Gasteiger partial charge in [-0.15, -0.1) is 0 Å². The molecule has 132 valence electrons. The molecular weight excluding hydrogens is 360 g/mol. The van der Waals surface area contributed by atoms with E-state index in [0.29, 0.717) is 5.56 Å². The van der Waals surface area contributed by atoms with E-state index in [2.05, 4.69) is 0 Å². The van der Waals surface area contributed by atoms with E-state index in [0.717, 1.165) is 0 Å². The van der Waals surface area contributed by atoms with E-state index < -0.39 is 17.4 Å². The number of rotatable bonds is 3. The minimum absolute atomic E-state index is 0.0132. The number of hydrogen-bond donors (Lipinski definition) is 0. The molecule has 2 aromatic carbocycles. The zero-order valence-corrected chi connectivity index (χ0v) is 14.6. The minimum Gasteiger partial charge on any atom is -0.454 e. The Balaban J connectivity index is 2.33. The molecule has 3 aromatic rings. The van der Waals surface area contributed by atoms with Crippen LogP contribution in [-0.2, 0) is 9.59 Å². The highest BCUT2D eigenvalue weighted by Crippen LogP contribution is 2.35. The maximum atomic E-state index is 12.8. The Hall–Kier alpha value is -3.12. The Kier molecular flexibility index (Phi) is 4.77. The van der Waals surface area contributed by atoms with Gasteiger partial charge in [-0.2, -0.15) is 0 Å². The zero-order valence-electron chi connectivity index (χ0n) is 13.9. The highest BCUT2D eigenvalue weighted by Gasteiger charge is 2.20. The summed E-state index contributed by atoms with van der Waals surface area (Å²) in [4.78, 5) is 35.4. The topological polar surface area (TPSA) is 82.8 Å². The Morgan fingerprint density at radius 1 is 1.00 bits per heavy atom. The van der Waals surface area contributed by atoms with Crippen molar-refractivity contribution in [1.82, 2.24) is 0 Å². The van der Waals surface area contributed by atoms with Gasteiger partial charge in [0.05, 0.1) is 0 Å². The van der Waals surface area contributed by atoms with E-state index in [1.807, 2.05) is 6.07 Å². The van der Waals surface area contributed by atoms with Crippen molar-refractivity contribution in [2.45, 2.75) is 13.8 Å². The van der Waals surface area contributed by atoms with Gasteiger partial charge >= 0.3 is 11.9 Å². The van der Waals surface area contributed by atoms with Gasteiger partial charge in [-0.1, -0.05) is 41.9 Å². The predicted molar refractivity (Wildman–Crippen MR) is 95.5 cm³/mol. The van der Waals surface area contributed by atoms with Crippen molar-refractivity contribution in [2.75, 3.05) is 0 Å². The minimum atomic E-state index is -0.645. The molecule has 0 aliphatic rings. The van der Waals surface area contributed by atoms with Crippen LogP contribution in [0.15, 0.2) is 51.7 Å². The summed E-state index contributed by atoms with van der Waals surface area (Å²) in [6, 6.07) is 11.5. The molecule has 26 heavy (non-hydrogen) atoms. The molecule has 0 spiro atoms. The molecule has 0 bridgehead atoms. The van der Waals surface area contributed by atoms with E-state index >= 15 is 0 Å². The molecule has 0 saturated carbocycles. The van der Waals surface area contributed by atoms with Gasteiger partial charge in [0, 0.05) is 31.5 Å². The highest BCUT2D eigenvalue weighted by molar-refractivity contribution is 6.33. The average molecular weight is 373 g/mol. The lowest BCUT2D eigenvalue weighted by molar-refractivity contribution is -0.132. The van der Waals surface area contributed by atoms with Gasteiger partial charge in [-0.3, -0.25) is 14.4 Å². The van der Waals surface area contributed by atoms with E-state index in [1.54, 1.807) is 24.3 Å². The van der Waals surface area contributed by atoms with Crippen LogP contribution in [0.1, 0.15) is 13.8 Å². The number of hydrogen-bond acceptors (Lipinski definition) is 6. The monoisotopic (exact) mass is 372 g/mol. The maximum absolute atomic E-state index is 12.8. The lowest BCUT2D eigenvalue weighted by atomic mass is 10.1. The first kappa shape index (κ1) is 17.7. The van der Waals surface area contributed by atoms with Crippen LogP contribution in [0.5, 0.6) is 11.5 Å². The van der Waals surface area contributed by atoms with Crippen molar-refractivity contribution in [3.05, 3.63) is 57.7 Å². The van der Waals surface area contributed by atoms with E-state index in [4.69, 9.17) is 25.5 Å². The fourth-order valence-corrected chi connectivity index (χ4v) is 2.72. The summed E-state index contributed by atoms with van der Waals surface area (Å²) >= 11 is 6.21. The van der Waals surface area contributed by atoms with Gasteiger partial charge in [0.25, 0.3) is 0 Å². The SMILES string of the molecule is CC(=O)Oc1cc(OC(C)=O)c2c(=O)c(Cl)c(-c3ccccc3)oc2c1. The van der Waals surface area contributed by atoms with Crippen molar-refractivity contribution in [3.63, 3.8) is 0 Å². The molecule has 0 aliphatic heterocycles. The highest BCUT2D eigenvalue weighted by atomic mass is 35.5. The second-order valence-electron chi connectivity index (χ2n) is 5.42. The van der Waals surface area contributed by atoms with E-state index in [9.17, 15) is 14.4 Å². The molecule has 0 atom stereocenters. The molecule has 0 unspecified atom stereocenters. The predicted octanol–water partition coefficient (Wildman–Crippen LogP) is 3.96. The molecule has 1 heterocycles. The fourth-order valence-electron chi connectivity index (χ4n) is 2.47. The van der Waals surface area contributed by atoms with Crippen molar-refractivity contribution >= 4 is 34.5 Å². The molecule has 0 N–H and O–H groups in total. The average Bonchev–Trinajstić information content (AvgIpc) is 2.57. The number of esters is 2. The number of ether oxygens (including phenoxy) is 2. The standard InChI is InChI=1S/C19H13ClO6/c1-10(21)24-13-8-14(25-11(2)22)16-15(9-13)26-19(17(20)18(16)23)12-6-4-3-5-7-12/h3-9H,1-2H3. The lowest BCUT2D eigenvalue weighted by Crippen LogP contribution is -2.10. The zero-order chi connectivity index (χ0) is 18.8. The summed E-state index contributed by atoms with van der Waals surface area (Å²) in [7, 11) is 0. The van der Waals surface area contributed by atoms with Crippen LogP contribution >= 0.6 is 11.6 Å². The first-order valence-corrected chi connectivity index (χ1v) is 7.97. The maximum Gasteiger partial charge on any atom is 0.308 e. The second kappa shape index (κ2) is 7.01. The summed E-state index contributed by atoms with van der Waals surface area (Å²) in [5.41, 5.74) is 0.120. The Labute approximate surface area is 152 Å². The van der Waals surface area contributed by atoms with Crippen LogP contribution in [0.2, 0.25) is 5.02 Å². The van der Waals surface area contributed by atoms with Gasteiger partial charge in [0.15, 0.2) is 5.76 Å². The molecule has 0 aliphatic carbocycles. The van der Waals surface area contributed by atoms with Crippen molar-refractivity contribution < 1.29 is 23.5 Å². The quantitative estimate of drug-likeness (QED) is 0.511. The third-order valence-corrected chi connectivity index (χ3v) is 3.77. The molecule has 0 amide bonds. The summed E-state index contributed by atoms with van der Waals surface area (Å²) < 4.78 is 15.9. The second-order valence-corrected chi connectivity index (χ2v) is 5.80. The van der Waals surface area contributed by atoms with Crippen LogP contribution in [0.3, 0.4) is 0 Å². The first-order valence-electron chi connectivity index (χ1n) is 7.59. The van der Waals surface area contributed by atoms with E-state index in [-0.39, 0.29) is 33.3 Å². The largest absolute Gasteiger partial charge is 0.454 e. The van der Waals surface area contributed by atoms with Gasteiger partial charge in [0.2, 0.25) is 5.43 Å². The number of fused-ring (bicyclic) bond motifs is 1. The Morgan fingerprint density at radius 2 is 1.65 bits per heavy atom. The number of benzene rings is 2. The molecule has 0 saturated heterocycles. The summed E-state index contributed by atoms with van der Waals surface area (Å²) in [6.45, 7) is 2.41. The lowest BCUT2D eigenvalue weighted by Gasteiger charge is -2.11. The molecular formula is C19H13ClO6. The van der Waals surface area contributed by atoms with Crippen LogP contribution in [0, 0.1) is 0 Å². The van der Waals surface area contributed by atoms with Crippen molar-refractivity contribution in [2.24, 2.45) is 0 Å². The fraction of sp³-hybridized carbons (Fsp3) is 0.105. The van der Waals surface area contributed by atoms with Gasteiger partial charge in [-0.05, 0) is 0 Å². The summed E-state index contributed by atoms with van der Waals surface area (Å²) in [6.07, 6.45) is 0. The van der Waals surface area contributed by atoms with Crippen LogP contribution in [0.25, 0.3) is 22.3 Å². The van der Waals surface area contributed by atoms with Crippen LogP contribution in [0.4, 0.5) is 0 Å². The number of carbonyl (C=O) groups excluding carboxylic acids is 2. The van der Waals surface area contributed by atoms with Gasteiger partial charge in [0.1, 0.15) is 27.5 Å². The van der Waals surface area contributed by atoms with Gasteiger partial charge < -0.3 is 13.9 Å². The third-order valence-electron chi connectivity index (χ3n) is 3.43. The van der Waals surface area contributed by atoms with E-state index in [1.165, 1.54) is 26.0 Å².